The van der Waals surface area contributed by atoms with Gasteiger partial charge in [0.25, 0.3) is 0 Å². The number of amides is 1. The summed E-state index contributed by atoms with van der Waals surface area (Å²) in [6.07, 6.45) is 0.296. The van der Waals surface area contributed by atoms with Gasteiger partial charge in [0.05, 0.1) is 12.0 Å². The number of likely N-dealkylation sites (N-methyl/N-ethyl adjacent to an activating group) is 1. The van der Waals surface area contributed by atoms with Crippen molar-refractivity contribution in [2.24, 2.45) is 5.41 Å². The number of ether oxygens (including phenoxy) is 2. The standard InChI is InChI=1S/C16H19Cl2NO3/c1-3-19(14(20)15(2)10-16(15,17)18)8-11-9-21-12-6-4-5-7-13(12)22-11/h4-7,11H,3,8-10H2,1-2H3. The number of hydrogen-bond acceptors (Lipinski definition) is 3. The first-order valence-electron chi connectivity index (χ1n) is 7.43. The van der Waals surface area contributed by atoms with Crippen LogP contribution in [-0.4, -0.2) is 40.9 Å². The maximum Gasteiger partial charge on any atom is 0.231 e. The minimum Gasteiger partial charge on any atom is -0.486 e. The number of fused-ring (bicyclic) bond motifs is 1. The third-order valence-electron chi connectivity index (χ3n) is 4.39. The van der Waals surface area contributed by atoms with Gasteiger partial charge < -0.3 is 14.4 Å². The molecule has 0 spiro atoms. The van der Waals surface area contributed by atoms with E-state index in [0.717, 1.165) is 5.75 Å². The molecule has 1 aromatic carbocycles. The fourth-order valence-corrected chi connectivity index (χ4v) is 3.43. The SMILES string of the molecule is CCN(CC1COc2ccccc2O1)C(=O)C1(C)CC1(Cl)Cl. The molecule has 4 nitrogen and oxygen atoms in total. The second-order valence-electron chi connectivity index (χ2n) is 6.05. The summed E-state index contributed by atoms with van der Waals surface area (Å²) >= 11 is 12.2. The Morgan fingerprint density at radius 3 is 2.59 bits per heavy atom. The van der Waals surface area contributed by atoms with E-state index in [-0.39, 0.29) is 12.0 Å². The van der Waals surface area contributed by atoms with E-state index in [0.29, 0.717) is 31.9 Å². The lowest BCUT2D eigenvalue weighted by molar-refractivity contribution is -0.137. The molecule has 1 saturated carbocycles. The Morgan fingerprint density at radius 1 is 1.36 bits per heavy atom. The Morgan fingerprint density at radius 2 is 2.00 bits per heavy atom. The number of carbonyl (C=O) groups is 1. The van der Waals surface area contributed by atoms with Crippen molar-refractivity contribution >= 4 is 29.1 Å². The number of hydrogen-bond donors (Lipinski definition) is 0. The average Bonchev–Trinajstić information content (AvgIpc) is 3.03. The highest BCUT2D eigenvalue weighted by Gasteiger charge is 2.68. The fraction of sp³-hybridized carbons (Fsp3) is 0.562. The van der Waals surface area contributed by atoms with Gasteiger partial charge in [0.1, 0.15) is 10.9 Å². The molecule has 1 aromatic rings. The number of para-hydroxylation sites is 2. The number of carbonyl (C=O) groups excluding carboxylic acids is 1. The highest BCUT2D eigenvalue weighted by molar-refractivity contribution is 6.53. The summed E-state index contributed by atoms with van der Waals surface area (Å²) in [5.74, 6) is 1.43. The monoisotopic (exact) mass is 343 g/mol. The van der Waals surface area contributed by atoms with Gasteiger partial charge >= 0.3 is 0 Å². The van der Waals surface area contributed by atoms with Crippen molar-refractivity contribution in [1.29, 1.82) is 0 Å². The van der Waals surface area contributed by atoms with E-state index in [1.165, 1.54) is 0 Å². The van der Waals surface area contributed by atoms with Crippen LogP contribution in [0.1, 0.15) is 20.3 Å². The van der Waals surface area contributed by atoms with Crippen molar-refractivity contribution in [3.8, 4) is 11.5 Å². The summed E-state index contributed by atoms with van der Waals surface area (Å²) in [7, 11) is 0. The molecule has 2 unspecified atom stereocenters. The van der Waals surface area contributed by atoms with Gasteiger partial charge in [0, 0.05) is 6.54 Å². The summed E-state index contributed by atoms with van der Waals surface area (Å²) < 4.78 is 10.7. The highest BCUT2D eigenvalue weighted by Crippen LogP contribution is 2.64. The molecule has 120 valence electrons. The van der Waals surface area contributed by atoms with Crippen molar-refractivity contribution in [3.05, 3.63) is 24.3 Å². The lowest BCUT2D eigenvalue weighted by Gasteiger charge is -2.32. The van der Waals surface area contributed by atoms with Crippen LogP contribution >= 0.6 is 23.2 Å². The minimum absolute atomic E-state index is 0.0255. The molecule has 1 fully saturated rings. The second kappa shape index (κ2) is 5.50. The number of halogens is 2. The largest absolute Gasteiger partial charge is 0.486 e. The van der Waals surface area contributed by atoms with E-state index in [4.69, 9.17) is 32.7 Å². The van der Waals surface area contributed by atoms with Crippen LogP contribution < -0.4 is 9.47 Å². The van der Waals surface area contributed by atoms with Crippen LogP contribution in [0.15, 0.2) is 24.3 Å². The smallest absolute Gasteiger partial charge is 0.231 e. The third kappa shape index (κ3) is 2.63. The number of nitrogens with zero attached hydrogens (tertiary/aromatic N) is 1. The summed E-state index contributed by atoms with van der Waals surface area (Å²) in [4.78, 5) is 14.4. The normalized spacial score (nSPS) is 28.1. The molecule has 22 heavy (non-hydrogen) atoms. The molecule has 3 rings (SSSR count). The van der Waals surface area contributed by atoms with Gasteiger partial charge in [-0.05, 0) is 32.4 Å². The quantitative estimate of drug-likeness (QED) is 0.787. The minimum atomic E-state index is -0.950. The summed E-state index contributed by atoms with van der Waals surface area (Å²) in [5.41, 5.74) is -0.695. The predicted molar refractivity (Wildman–Crippen MR) is 85.8 cm³/mol. The summed E-state index contributed by atoms with van der Waals surface area (Å²) in [6, 6.07) is 7.53. The maximum absolute atomic E-state index is 12.7. The van der Waals surface area contributed by atoms with E-state index in [2.05, 4.69) is 0 Å². The molecule has 1 aliphatic carbocycles. The molecule has 0 saturated heterocycles. The van der Waals surface area contributed by atoms with Crippen LogP contribution in [0.5, 0.6) is 11.5 Å². The highest BCUT2D eigenvalue weighted by atomic mass is 35.5. The van der Waals surface area contributed by atoms with Crippen molar-refractivity contribution < 1.29 is 14.3 Å². The molecule has 2 atom stereocenters. The van der Waals surface area contributed by atoms with Gasteiger partial charge in [0.15, 0.2) is 17.6 Å². The molecule has 1 heterocycles. The van der Waals surface area contributed by atoms with Crippen molar-refractivity contribution in [2.75, 3.05) is 19.7 Å². The Hall–Kier alpha value is -1.13. The molecule has 0 aromatic heterocycles. The summed E-state index contributed by atoms with van der Waals surface area (Å²) in [5, 5.41) is 0. The number of alkyl halides is 2. The van der Waals surface area contributed by atoms with Crippen molar-refractivity contribution in [2.45, 2.75) is 30.7 Å². The van der Waals surface area contributed by atoms with Crippen LogP contribution in [0.25, 0.3) is 0 Å². The Kier molecular flexibility index (Phi) is 3.94. The number of benzene rings is 1. The fourth-order valence-electron chi connectivity index (χ4n) is 2.74. The van der Waals surface area contributed by atoms with Gasteiger partial charge in [-0.25, -0.2) is 0 Å². The average molecular weight is 344 g/mol. The van der Waals surface area contributed by atoms with E-state index < -0.39 is 9.75 Å². The Balaban J connectivity index is 1.66. The molecular formula is C16H19Cl2NO3. The first-order valence-corrected chi connectivity index (χ1v) is 8.18. The molecule has 0 N–H and O–H groups in total. The van der Waals surface area contributed by atoms with Gasteiger partial charge in [-0.2, -0.15) is 0 Å². The molecule has 0 bridgehead atoms. The van der Waals surface area contributed by atoms with Crippen molar-refractivity contribution in [3.63, 3.8) is 0 Å². The Bertz CT molecular complexity index is 593. The molecular weight excluding hydrogens is 325 g/mol. The van der Waals surface area contributed by atoms with E-state index in [1.54, 1.807) is 4.90 Å². The zero-order valence-electron chi connectivity index (χ0n) is 12.6. The third-order valence-corrected chi connectivity index (χ3v) is 5.49. The number of rotatable bonds is 4. The first-order chi connectivity index (χ1) is 10.4. The zero-order valence-corrected chi connectivity index (χ0v) is 14.2. The van der Waals surface area contributed by atoms with Gasteiger partial charge in [-0.3, -0.25) is 4.79 Å². The van der Waals surface area contributed by atoms with Crippen LogP contribution in [0.2, 0.25) is 0 Å². The van der Waals surface area contributed by atoms with E-state index in [1.807, 2.05) is 38.1 Å². The van der Waals surface area contributed by atoms with Crippen LogP contribution in [0.4, 0.5) is 0 Å². The van der Waals surface area contributed by atoms with Gasteiger partial charge in [-0.1, -0.05) is 12.1 Å². The van der Waals surface area contributed by atoms with E-state index >= 15 is 0 Å². The molecule has 1 aliphatic heterocycles. The molecule has 1 amide bonds. The zero-order chi connectivity index (χ0) is 16.0. The second-order valence-corrected chi connectivity index (χ2v) is 7.54. The molecule has 6 heteroatoms. The van der Waals surface area contributed by atoms with Gasteiger partial charge in [-0.15, -0.1) is 23.2 Å². The van der Waals surface area contributed by atoms with E-state index in [9.17, 15) is 4.79 Å². The molecule has 2 aliphatic rings. The maximum atomic E-state index is 12.7. The van der Waals surface area contributed by atoms with Crippen LogP contribution in [0.3, 0.4) is 0 Å². The first kappa shape index (κ1) is 15.8. The van der Waals surface area contributed by atoms with Crippen LogP contribution in [-0.2, 0) is 4.79 Å². The Labute approximate surface area is 140 Å². The lowest BCUT2D eigenvalue weighted by atomic mass is 10.1. The van der Waals surface area contributed by atoms with Gasteiger partial charge in [0.2, 0.25) is 5.91 Å². The molecule has 0 radical (unpaired) electrons. The topological polar surface area (TPSA) is 38.8 Å². The van der Waals surface area contributed by atoms with Crippen LogP contribution in [0, 0.1) is 5.41 Å². The van der Waals surface area contributed by atoms with Crippen molar-refractivity contribution in [1.82, 2.24) is 4.90 Å². The summed E-state index contributed by atoms with van der Waals surface area (Å²) in [6.45, 7) is 5.21. The predicted octanol–water partition coefficient (Wildman–Crippen LogP) is 3.26. The lowest BCUT2D eigenvalue weighted by Crippen LogP contribution is -2.46.